The van der Waals surface area contributed by atoms with Crippen molar-refractivity contribution in [3.05, 3.63) is 53.1 Å². The van der Waals surface area contributed by atoms with Crippen LogP contribution in [0.5, 0.6) is 17.2 Å². The van der Waals surface area contributed by atoms with E-state index in [0.717, 1.165) is 11.1 Å². The maximum absolute atomic E-state index is 11.7. The average molecular weight is 574 g/mol. The monoisotopic (exact) mass is 574 g/mol. The van der Waals surface area contributed by atoms with Crippen molar-refractivity contribution in [2.45, 2.75) is 44.9 Å². The summed E-state index contributed by atoms with van der Waals surface area (Å²) < 4.78 is 26.7. The second-order valence-electron chi connectivity index (χ2n) is 7.39. The smallest absolute Gasteiger partial charge is 0.222 e. The summed E-state index contributed by atoms with van der Waals surface area (Å²) in [6.45, 7) is 2.17. The summed E-state index contributed by atoms with van der Waals surface area (Å²) >= 11 is 1.75. The number of benzene rings is 2. The number of carbonyl (C=O) groups excluding carboxylic acids is 1. The normalized spacial score (nSPS) is 19.8. The summed E-state index contributed by atoms with van der Waals surface area (Å²) in [4.78, 5) is 11.7. The van der Waals surface area contributed by atoms with Gasteiger partial charge in [-0.25, -0.2) is 0 Å². The fourth-order valence-corrected chi connectivity index (χ4v) is 3.95. The van der Waals surface area contributed by atoms with Crippen LogP contribution in [0.3, 0.4) is 0 Å². The maximum Gasteiger partial charge on any atom is 0.222 e. The molecule has 0 aliphatic carbocycles. The standard InChI is InChI=1S/C17H17IO4.C7H14O4/c1-11-13(17(18)19)9-14(20-2)16(15(11)21-3)22-10-12-7-5-4-6-8-12;1-10-7-3-5(9)2-6(4-8)11-7/h4-9H,10H2,1-3H3;5-9H,2-4H2,1H3. The van der Waals surface area contributed by atoms with Crippen LogP contribution in [0.4, 0.5) is 0 Å². The zero-order valence-corrected chi connectivity index (χ0v) is 21.4. The molecule has 3 rings (SSSR count). The first-order chi connectivity index (χ1) is 15.8. The minimum atomic E-state index is -0.411. The maximum atomic E-state index is 11.7. The molecule has 0 radical (unpaired) electrons. The third-order valence-corrected chi connectivity index (χ3v) is 5.70. The molecule has 2 aromatic rings. The van der Waals surface area contributed by atoms with Gasteiger partial charge >= 0.3 is 0 Å². The topological polar surface area (TPSA) is 104 Å². The zero-order chi connectivity index (χ0) is 24.4. The van der Waals surface area contributed by atoms with E-state index in [2.05, 4.69) is 0 Å². The van der Waals surface area contributed by atoms with Crippen LogP contribution in [0.2, 0.25) is 0 Å². The van der Waals surface area contributed by atoms with Gasteiger partial charge in [0.05, 0.1) is 33.0 Å². The van der Waals surface area contributed by atoms with Gasteiger partial charge in [-0.2, -0.15) is 0 Å². The van der Waals surface area contributed by atoms with E-state index in [-0.39, 0.29) is 22.8 Å². The summed E-state index contributed by atoms with van der Waals surface area (Å²) in [5, 5.41) is 18.0. The van der Waals surface area contributed by atoms with Gasteiger partial charge < -0.3 is 33.9 Å². The van der Waals surface area contributed by atoms with E-state index in [9.17, 15) is 9.90 Å². The lowest BCUT2D eigenvalue weighted by Gasteiger charge is -2.30. The Morgan fingerprint density at radius 3 is 2.36 bits per heavy atom. The molecule has 3 atom stereocenters. The molecule has 182 valence electrons. The quantitative estimate of drug-likeness (QED) is 0.364. The molecule has 1 fully saturated rings. The van der Waals surface area contributed by atoms with E-state index in [0.29, 0.717) is 42.3 Å². The van der Waals surface area contributed by atoms with Gasteiger partial charge in [0.25, 0.3) is 0 Å². The molecular formula is C24H31IO8. The number of aliphatic hydroxyl groups is 2. The van der Waals surface area contributed by atoms with Crippen LogP contribution in [0.15, 0.2) is 36.4 Å². The van der Waals surface area contributed by atoms with E-state index in [1.165, 1.54) is 7.11 Å². The van der Waals surface area contributed by atoms with Gasteiger partial charge in [0, 0.05) is 53.7 Å². The number of methoxy groups -OCH3 is 3. The Hall–Kier alpha value is -1.92. The van der Waals surface area contributed by atoms with Gasteiger partial charge in [0.2, 0.25) is 9.54 Å². The molecule has 1 heterocycles. The SMILES string of the molecule is COC1CC(O)CC(CO)O1.COc1cc(C(=O)I)c(C)c(OC)c1OCc1ccccc1. The van der Waals surface area contributed by atoms with Gasteiger partial charge in [0.15, 0.2) is 17.8 Å². The van der Waals surface area contributed by atoms with E-state index in [1.54, 1.807) is 42.9 Å². The first kappa shape index (κ1) is 27.3. The van der Waals surface area contributed by atoms with Crippen molar-refractivity contribution in [1.82, 2.24) is 0 Å². The molecule has 8 nitrogen and oxygen atoms in total. The van der Waals surface area contributed by atoms with Crippen molar-refractivity contribution in [2.24, 2.45) is 0 Å². The summed E-state index contributed by atoms with van der Waals surface area (Å²) in [5.74, 6) is 1.52. The summed E-state index contributed by atoms with van der Waals surface area (Å²) in [7, 11) is 4.62. The Morgan fingerprint density at radius 1 is 1.12 bits per heavy atom. The second-order valence-corrected chi connectivity index (χ2v) is 8.37. The highest BCUT2D eigenvalue weighted by Gasteiger charge is 2.27. The lowest BCUT2D eigenvalue weighted by atomic mass is 10.1. The largest absolute Gasteiger partial charge is 0.493 e. The van der Waals surface area contributed by atoms with Crippen LogP contribution >= 0.6 is 22.6 Å². The highest BCUT2D eigenvalue weighted by atomic mass is 127. The van der Waals surface area contributed by atoms with E-state index >= 15 is 0 Å². The van der Waals surface area contributed by atoms with Gasteiger partial charge in [-0.05, 0) is 18.6 Å². The van der Waals surface area contributed by atoms with Crippen LogP contribution in [0.25, 0.3) is 0 Å². The van der Waals surface area contributed by atoms with E-state index < -0.39 is 6.10 Å². The molecule has 33 heavy (non-hydrogen) atoms. The fourth-order valence-electron chi connectivity index (χ4n) is 3.39. The van der Waals surface area contributed by atoms with Crippen LogP contribution in [-0.4, -0.2) is 60.4 Å². The number of hydrogen-bond donors (Lipinski definition) is 2. The molecule has 9 heteroatoms. The highest BCUT2D eigenvalue weighted by Crippen LogP contribution is 2.42. The molecule has 0 amide bonds. The van der Waals surface area contributed by atoms with E-state index in [1.807, 2.05) is 37.3 Å². The molecule has 1 saturated heterocycles. The van der Waals surface area contributed by atoms with Crippen molar-refractivity contribution in [3.63, 3.8) is 0 Å². The number of ether oxygens (including phenoxy) is 5. The molecule has 2 N–H and O–H groups in total. The van der Waals surface area contributed by atoms with Crippen molar-refractivity contribution in [3.8, 4) is 17.2 Å². The van der Waals surface area contributed by atoms with Crippen molar-refractivity contribution >= 4 is 26.4 Å². The Labute approximate surface area is 207 Å². The molecule has 3 unspecified atom stereocenters. The van der Waals surface area contributed by atoms with E-state index in [4.69, 9.17) is 28.8 Å². The zero-order valence-electron chi connectivity index (χ0n) is 19.2. The van der Waals surface area contributed by atoms with Gasteiger partial charge in [-0.15, -0.1) is 0 Å². The molecule has 1 aliphatic rings. The average Bonchev–Trinajstić information content (AvgIpc) is 2.83. The number of halogens is 1. The third-order valence-electron chi connectivity index (χ3n) is 5.12. The van der Waals surface area contributed by atoms with Crippen molar-refractivity contribution < 1.29 is 38.7 Å². The first-order valence-corrected chi connectivity index (χ1v) is 11.5. The van der Waals surface area contributed by atoms with Crippen LogP contribution in [-0.2, 0) is 16.1 Å². The second kappa shape index (κ2) is 13.7. The number of hydrogen-bond acceptors (Lipinski definition) is 8. The first-order valence-electron chi connectivity index (χ1n) is 10.4. The lowest BCUT2D eigenvalue weighted by molar-refractivity contribution is -0.210. The Morgan fingerprint density at radius 2 is 1.82 bits per heavy atom. The summed E-state index contributed by atoms with van der Waals surface area (Å²) in [6.07, 6.45) is -0.0611. The van der Waals surface area contributed by atoms with Gasteiger partial charge in [0.1, 0.15) is 6.61 Å². The molecule has 0 saturated carbocycles. The predicted molar refractivity (Wildman–Crippen MR) is 131 cm³/mol. The predicted octanol–water partition coefficient (Wildman–Crippen LogP) is 3.66. The summed E-state index contributed by atoms with van der Waals surface area (Å²) in [6, 6.07) is 11.5. The lowest BCUT2D eigenvalue weighted by Crippen LogP contribution is -2.38. The number of aliphatic hydroxyl groups excluding tert-OH is 2. The molecule has 0 spiro atoms. The number of carbonyl (C=O) groups is 1. The third kappa shape index (κ3) is 7.82. The molecule has 0 bridgehead atoms. The minimum absolute atomic E-state index is 0.0586. The highest BCUT2D eigenvalue weighted by molar-refractivity contribution is 14.1. The number of rotatable bonds is 8. The van der Waals surface area contributed by atoms with Crippen molar-refractivity contribution in [1.29, 1.82) is 0 Å². The molecule has 2 aromatic carbocycles. The molecular weight excluding hydrogens is 543 g/mol. The summed E-state index contributed by atoms with van der Waals surface area (Å²) in [5.41, 5.74) is 2.34. The molecule has 0 aromatic heterocycles. The Balaban J connectivity index is 0.000000294. The van der Waals surface area contributed by atoms with Gasteiger partial charge in [-0.1, -0.05) is 30.3 Å². The van der Waals surface area contributed by atoms with Crippen molar-refractivity contribution in [2.75, 3.05) is 27.9 Å². The van der Waals surface area contributed by atoms with Gasteiger partial charge in [-0.3, -0.25) is 4.79 Å². The van der Waals surface area contributed by atoms with Crippen LogP contribution in [0, 0.1) is 6.92 Å². The fraction of sp³-hybridized carbons (Fsp3) is 0.458. The Kier molecular flexibility index (Phi) is 11.3. The Bertz CT molecular complexity index is 878. The van der Waals surface area contributed by atoms with Crippen LogP contribution < -0.4 is 14.2 Å². The van der Waals surface area contributed by atoms with Crippen LogP contribution in [0.1, 0.15) is 34.3 Å². The molecule has 1 aliphatic heterocycles. The minimum Gasteiger partial charge on any atom is -0.493 e.